The van der Waals surface area contributed by atoms with Crippen LogP contribution in [0.2, 0.25) is 0 Å². The summed E-state index contributed by atoms with van der Waals surface area (Å²) in [5, 5.41) is 13.9. The molecule has 1 aromatic heterocycles. The average molecular weight is 381 g/mol. The molecule has 154 valence electrons. The molecule has 0 aliphatic heterocycles. The van der Waals surface area contributed by atoms with Crippen LogP contribution in [0.5, 0.6) is 0 Å². The minimum Gasteiger partial charge on any atom is -0.444 e. The van der Waals surface area contributed by atoms with E-state index in [1.54, 1.807) is 7.05 Å². The van der Waals surface area contributed by atoms with Gasteiger partial charge in [-0.3, -0.25) is 9.67 Å². The molecule has 0 aromatic carbocycles. The van der Waals surface area contributed by atoms with Crippen LogP contribution in [0.3, 0.4) is 0 Å². The van der Waals surface area contributed by atoms with E-state index in [0.29, 0.717) is 12.5 Å². The van der Waals surface area contributed by atoms with Gasteiger partial charge in [0.2, 0.25) is 0 Å². The number of aliphatic imine (C=N–C) groups is 1. The van der Waals surface area contributed by atoms with Crippen LogP contribution in [0.1, 0.15) is 51.6 Å². The van der Waals surface area contributed by atoms with E-state index in [9.17, 15) is 4.79 Å². The van der Waals surface area contributed by atoms with Gasteiger partial charge in [0.25, 0.3) is 0 Å². The molecule has 0 atom stereocenters. The van der Waals surface area contributed by atoms with Gasteiger partial charge in [-0.25, -0.2) is 4.79 Å². The highest BCUT2D eigenvalue weighted by Gasteiger charge is 2.24. The number of hydrogen-bond acceptors (Lipinski definition) is 4. The van der Waals surface area contributed by atoms with Crippen molar-refractivity contribution in [2.45, 2.75) is 66.0 Å². The first kappa shape index (κ1) is 22.8. The number of alkyl carbamates (subject to hydrolysis) is 1. The molecule has 1 amide bonds. The van der Waals surface area contributed by atoms with Gasteiger partial charge in [0.1, 0.15) is 5.60 Å². The fraction of sp³-hybridized carbons (Fsp3) is 0.737. The van der Waals surface area contributed by atoms with Gasteiger partial charge in [-0.1, -0.05) is 0 Å². The third kappa shape index (κ3) is 7.88. The highest BCUT2D eigenvalue weighted by molar-refractivity contribution is 5.79. The molecular formula is C19H36N6O2. The van der Waals surface area contributed by atoms with Crippen molar-refractivity contribution in [3.05, 3.63) is 17.0 Å². The van der Waals surface area contributed by atoms with E-state index >= 15 is 0 Å². The minimum atomic E-state index is -0.520. The molecule has 0 spiro atoms. The SMILES string of the molecule is CN=C(NCCc1c(C)nn(C)c1C)NCC(C)(C)NC(=O)OC(C)(C)C. The molecule has 0 fully saturated rings. The van der Waals surface area contributed by atoms with Crippen LogP contribution >= 0.6 is 0 Å². The first-order valence-electron chi connectivity index (χ1n) is 9.29. The van der Waals surface area contributed by atoms with E-state index in [4.69, 9.17) is 4.74 Å². The second kappa shape index (κ2) is 9.10. The summed E-state index contributed by atoms with van der Waals surface area (Å²) in [7, 11) is 3.68. The molecule has 1 heterocycles. The summed E-state index contributed by atoms with van der Waals surface area (Å²) in [5.74, 6) is 0.688. The molecular weight excluding hydrogens is 344 g/mol. The van der Waals surface area contributed by atoms with Gasteiger partial charge < -0.3 is 20.7 Å². The fourth-order valence-electron chi connectivity index (χ4n) is 2.63. The summed E-state index contributed by atoms with van der Waals surface area (Å²) in [6.07, 6.45) is 0.436. The third-order valence-electron chi connectivity index (χ3n) is 4.09. The van der Waals surface area contributed by atoms with Crippen LogP contribution in [-0.2, 0) is 18.2 Å². The molecule has 0 unspecified atom stereocenters. The van der Waals surface area contributed by atoms with E-state index in [2.05, 4.69) is 33.0 Å². The number of rotatable bonds is 6. The Balaban J connectivity index is 2.48. The number of guanidine groups is 1. The lowest BCUT2D eigenvalue weighted by atomic mass is 10.1. The summed E-state index contributed by atoms with van der Waals surface area (Å²) in [5.41, 5.74) is 2.49. The van der Waals surface area contributed by atoms with E-state index < -0.39 is 17.2 Å². The predicted octanol–water partition coefficient (Wildman–Crippen LogP) is 2.05. The van der Waals surface area contributed by atoms with Crippen LogP contribution in [-0.4, -0.2) is 53.1 Å². The lowest BCUT2D eigenvalue weighted by Crippen LogP contribution is -2.54. The summed E-state index contributed by atoms with van der Waals surface area (Å²) in [6, 6.07) is 0. The molecule has 3 N–H and O–H groups in total. The zero-order valence-electron chi connectivity index (χ0n) is 18.3. The van der Waals surface area contributed by atoms with Crippen LogP contribution in [0, 0.1) is 13.8 Å². The Hall–Kier alpha value is -2.25. The number of aromatic nitrogens is 2. The molecule has 0 saturated carbocycles. The maximum atomic E-state index is 12.0. The molecule has 0 bridgehead atoms. The van der Waals surface area contributed by atoms with Crippen molar-refractivity contribution >= 4 is 12.1 Å². The summed E-state index contributed by atoms with van der Waals surface area (Å²) in [4.78, 5) is 16.2. The predicted molar refractivity (Wildman–Crippen MR) is 109 cm³/mol. The van der Waals surface area contributed by atoms with Crippen LogP contribution in [0.15, 0.2) is 4.99 Å². The van der Waals surface area contributed by atoms with E-state index in [-0.39, 0.29) is 0 Å². The van der Waals surface area contributed by atoms with Crippen LogP contribution in [0.4, 0.5) is 4.79 Å². The molecule has 8 nitrogen and oxygen atoms in total. The molecule has 1 rings (SSSR count). The van der Waals surface area contributed by atoms with E-state index in [0.717, 1.165) is 18.7 Å². The Morgan fingerprint density at radius 1 is 1.19 bits per heavy atom. The number of nitrogens with zero attached hydrogens (tertiary/aromatic N) is 3. The molecule has 0 saturated heterocycles. The molecule has 8 heteroatoms. The quantitative estimate of drug-likeness (QED) is 0.519. The lowest BCUT2D eigenvalue weighted by molar-refractivity contribution is 0.0474. The van der Waals surface area contributed by atoms with Crippen LogP contribution < -0.4 is 16.0 Å². The smallest absolute Gasteiger partial charge is 0.408 e. The second-order valence-electron chi connectivity index (χ2n) is 8.39. The van der Waals surface area contributed by atoms with Gasteiger partial charge in [-0.15, -0.1) is 0 Å². The summed E-state index contributed by atoms with van der Waals surface area (Å²) < 4.78 is 7.22. The molecule has 27 heavy (non-hydrogen) atoms. The van der Waals surface area contributed by atoms with Crippen LogP contribution in [0.25, 0.3) is 0 Å². The molecule has 0 aliphatic rings. The molecule has 0 radical (unpaired) electrons. The zero-order chi connectivity index (χ0) is 20.8. The van der Waals surface area contributed by atoms with E-state index in [1.165, 1.54) is 11.3 Å². The number of amides is 1. The average Bonchev–Trinajstić information content (AvgIpc) is 2.73. The first-order valence-corrected chi connectivity index (χ1v) is 9.29. The molecule has 0 aliphatic carbocycles. The molecule has 1 aromatic rings. The van der Waals surface area contributed by atoms with E-state index in [1.807, 2.05) is 53.3 Å². The number of hydrogen-bond donors (Lipinski definition) is 3. The Labute approximate surface area is 163 Å². The second-order valence-corrected chi connectivity index (χ2v) is 8.39. The fourth-order valence-corrected chi connectivity index (χ4v) is 2.63. The Morgan fingerprint density at radius 2 is 1.81 bits per heavy atom. The van der Waals surface area contributed by atoms with Crippen molar-refractivity contribution in [3.63, 3.8) is 0 Å². The Bertz CT molecular complexity index is 670. The largest absolute Gasteiger partial charge is 0.444 e. The number of ether oxygens (including phenoxy) is 1. The number of carbonyl (C=O) groups excluding carboxylic acids is 1. The standard InChI is InChI=1S/C19H36N6O2/c1-13-15(14(2)25(9)24-13)10-11-21-16(20-8)22-12-19(6,7)23-17(26)27-18(3,4)5/h10-12H2,1-9H3,(H,23,26)(H2,20,21,22). The maximum Gasteiger partial charge on any atom is 0.408 e. The van der Waals surface area contributed by atoms with Gasteiger partial charge in [0.05, 0.1) is 11.2 Å². The van der Waals surface area contributed by atoms with Crippen molar-refractivity contribution in [1.82, 2.24) is 25.7 Å². The van der Waals surface area contributed by atoms with Gasteiger partial charge >= 0.3 is 6.09 Å². The highest BCUT2D eigenvalue weighted by Crippen LogP contribution is 2.12. The zero-order valence-corrected chi connectivity index (χ0v) is 18.3. The first-order chi connectivity index (χ1) is 12.3. The van der Waals surface area contributed by atoms with Crippen molar-refractivity contribution < 1.29 is 9.53 Å². The van der Waals surface area contributed by atoms with Crippen molar-refractivity contribution in [2.75, 3.05) is 20.1 Å². The van der Waals surface area contributed by atoms with Gasteiger partial charge in [0, 0.05) is 32.9 Å². The number of aryl methyl sites for hydroxylation is 2. The minimum absolute atomic E-state index is 0.431. The normalized spacial score (nSPS) is 12.7. The monoisotopic (exact) mass is 380 g/mol. The Morgan fingerprint density at radius 3 is 2.30 bits per heavy atom. The topological polar surface area (TPSA) is 92.6 Å². The van der Waals surface area contributed by atoms with Crippen molar-refractivity contribution in [3.8, 4) is 0 Å². The summed E-state index contributed by atoms with van der Waals surface area (Å²) in [6.45, 7) is 14.7. The Kier molecular flexibility index (Phi) is 7.68. The van der Waals surface area contributed by atoms with Gasteiger partial charge in [0.15, 0.2) is 5.96 Å². The highest BCUT2D eigenvalue weighted by atomic mass is 16.6. The summed E-state index contributed by atoms with van der Waals surface area (Å²) >= 11 is 0. The third-order valence-corrected chi connectivity index (χ3v) is 4.09. The lowest BCUT2D eigenvalue weighted by Gasteiger charge is -2.29. The van der Waals surface area contributed by atoms with Crippen molar-refractivity contribution in [2.24, 2.45) is 12.0 Å². The van der Waals surface area contributed by atoms with Gasteiger partial charge in [-0.05, 0) is 60.5 Å². The van der Waals surface area contributed by atoms with Gasteiger partial charge in [-0.2, -0.15) is 5.10 Å². The number of nitrogens with one attached hydrogen (secondary N) is 3. The maximum absolute atomic E-state index is 12.0. The van der Waals surface area contributed by atoms with Crippen molar-refractivity contribution in [1.29, 1.82) is 0 Å². The number of carbonyl (C=O) groups is 1.